The van der Waals surface area contributed by atoms with Gasteiger partial charge in [0.25, 0.3) is 0 Å². The number of carbonyl (C=O) groups is 1. The molecule has 2 rings (SSSR count). The molecule has 18 heavy (non-hydrogen) atoms. The normalized spacial score (nSPS) is 25.1. The third-order valence-electron chi connectivity index (χ3n) is 4.12. The molecular formula is C15H26N2O. The Morgan fingerprint density at radius 3 is 2.67 bits per heavy atom. The average Bonchev–Trinajstić information content (AvgIpc) is 2.46. The number of rotatable bonds is 4. The number of carbonyl (C=O) groups excluding carboxylic acids is 1. The predicted octanol–water partition coefficient (Wildman–Crippen LogP) is 2.33. The third-order valence-corrected chi connectivity index (χ3v) is 4.12. The van der Waals surface area contributed by atoms with Crippen LogP contribution in [-0.4, -0.2) is 36.5 Å². The van der Waals surface area contributed by atoms with Crippen molar-refractivity contribution in [3.05, 3.63) is 12.2 Å². The molecule has 1 aliphatic heterocycles. The first-order valence-electron chi connectivity index (χ1n) is 7.49. The van der Waals surface area contributed by atoms with E-state index in [4.69, 9.17) is 0 Å². The Morgan fingerprint density at radius 2 is 2.06 bits per heavy atom. The fourth-order valence-electron chi connectivity index (χ4n) is 3.08. The minimum Gasteiger partial charge on any atom is -0.339 e. The van der Waals surface area contributed by atoms with Crippen molar-refractivity contribution in [3.63, 3.8) is 0 Å². The summed E-state index contributed by atoms with van der Waals surface area (Å²) in [4.78, 5) is 14.8. The van der Waals surface area contributed by atoms with Gasteiger partial charge in [0.05, 0.1) is 0 Å². The summed E-state index contributed by atoms with van der Waals surface area (Å²) in [6.45, 7) is 5.22. The summed E-state index contributed by atoms with van der Waals surface area (Å²) in [5, 5.41) is 3.38. The quantitative estimate of drug-likeness (QED) is 0.777. The molecule has 0 spiro atoms. The maximum Gasteiger partial charge on any atom is 0.226 e. The topological polar surface area (TPSA) is 32.3 Å². The lowest BCUT2D eigenvalue weighted by Gasteiger charge is -2.37. The van der Waals surface area contributed by atoms with Crippen LogP contribution in [0.1, 0.15) is 45.4 Å². The molecule has 1 aliphatic carbocycles. The van der Waals surface area contributed by atoms with Crippen LogP contribution in [0.15, 0.2) is 12.2 Å². The highest BCUT2D eigenvalue weighted by Gasteiger charge is 2.29. The highest BCUT2D eigenvalue weighted by molar-refractivity contribution is 5.79. The fraction of sp³-hybridized carbons (Fsp3) is 0.800. The number of allylic oxidation sites excluding steroid dienone is 2. The van der Waals surface area contributed by atoms with Crippen molar-refractivity contribution < 1.29 is 4.79 Å². The van der Waals surface area contributed by atoms with Crippen LogP contribution < -0.4 is 5.32 Å². The van der Waals surface area contributed by atoms with Crippen molar-refractivity contribution in [2.24, 2.45) is 5.92 Å². The molecule has 1 saturated heterocycles. The molecule has 0 aromatic rings. The third kappa shape index (κ3) is 3.35. The number of nitrogens with zero attached hydrogens (tertiary/aromatic N) is 1. The number of amides is 1. The van der Waals surface area contributed by atoms with Gasteiger partial charge in [0, 0.05) is 18.5 Å². The number of nitrogens with one attached hydrogen (secondary N) is 1. The fourth-order valence-corrected chi connectivity index (χ4v) is 3.08. The summed E-state index contributed by atoms with van der Waals surface area (Å²) in [6, 6.07) is 0.476. The molecule has 3 heteroatoms. The Bertz CT molecular complexity index is 295. The summed E-state index contributed by atoms with van der Waals surface area (Å²) in [5.41, 5.74) is 0. The highest BCUT2D eigenvalue weighted by atomic mass is 16.2. The van der Waals surface area contributed by atoms with Gasteiger partial charge >= 0.3 is 0 Å². The standard InChI is InChI=1S/C15H26N2O/c1-2-12-17(14-8-10-16-11-9-14)15(18)13-6-4-3-5-7-13/h3-4,13-14,16H,2,5-12H2,1H3. The molecule has 0 saturated carbocycles. The lowest BCUT2D eigenvalue weighted by atomic mass is 9.91. The van der Waals surface area contributed by atoms with Crippen molar-refractivity contribution >= 4 is 5.91 Å². The van der Waals surface area contributed by atoms with Crippen LogP contribution in [0, 0.1) is 5.92 Å². The average molecular weight is 250 g/mol. The maximum absolute atomic E-state index is 12.7. The van der Waals surface area contributed by atoms with Crippen molar-refractivity contribution in [1.82, 2.24) is 10.2 Å². The monoisotopic (exact) mass is 250 g/mol. The minimum absolute atomic E-state index is 0.247. The van der Waals surface area contributed by atoms with E-state index in [0.717, 1.165) is 58.2 Å². The van der Waals surface area contributed by atoms with E-state index in [-0.39, 0.29) is 5.92 Å². The zero-order valence-corrected chi connectivity index (χ0v) is 11.5. The molecule has 1 N–H and O–H groups in total. The molecule has 3 nitrogen and oxygen atoms in total. The van der Waals surface area contributed by atoms with E-state index in [2.05, 4.69) is 29.3 Å². The first kappa shape index (κ1) is 13.6. The van der Waals surface area contributed by atoms with Crippen LogP contribution in [0.2, 0.25) is 0 Å². The minimum atomic E-state index is 0.247. The van der Waals surface area contributed by atoms with Gasteiger partial charge in [0.2, 0.25) is 5.91 Å². The van der Waals surface area contributed by atoms with Crippen molar-refractivity contribution in [2.45, 2.75) is 51.5 Å². The van der Waals surface area contributed by atoms with Gasteiger partial charge in [0.15, 0.2) is 0 Å². The second-order valence-electron chi connectivity index (χ2n) is 5.49. The first-order valence-corrected chi connectivity index (χ1v) is 7.49. The van der Waals surface area contributed by atoms with Gasteiger partial charge < -0.3 is 10.2 Å². The molecule has 1 fully saturated rings. The molecule has 0 bridgehead atoms. The molecule has 1 amide bonds. The van der Waals surface area contributed by atoms with Crippen molar-refractivity contribution in [1.29, 1.82) is 0 Å². The second kappa shape index (κ2) is 6.93. The summed E-state index contributed by atoms with van der Waals surface area (Å²) < 4.78 is 0. The van der Waals surface area contributed by atoms with Gasteiger partial charge in [-0.05, 0) is 51.6 Å². The van der Waals surface area contributed by atoms with Gasteiger partial charge in [0.1, 0.15) is 0 Å². The molecule has 0 radical (unpaired) electrons. The van der Waals surface area contributed by atoms with E-state index >= 15 is 0 Å². The number of piperidine rings is 1. The molecule has 102 valence electrons. The Hall–Kier alpha value is -0.830. The van der Waals surface area contributed by atoms with E-state index in [9.17, 15) is 4.79 Å². The Morgan fingerprint density at radius 1 is 1.28 bits per heavy atom. The van der Waals surface area contributed by atoms with Crippen LogP contribution in [0.25, 0.3) is 0 Å². The largest absolute Gasteiger partial charge is 0.339 e. The predicted molar refractivity (Wildman–Crippen MR) is 74.4 cm³/mol. The van der Waals surface area contributed by atoms with Crippen molar-refractivity contribution in [2.75, 3.05) is 19.6 Å². The van der Waals surface area contributed by atoms with Crippen molar-refractivity contribution in [3.8, 4) is 0 Å². The zero-order valence-electron chi connectivity index (χ0n) is 11.5. The van der Waals surface area contributed by atoms with Gasteiger partial charge in [-0.25, -0.2) is 0 Å². The zero-order chi connectivity index (χ0) is 12.8. The number of hydrogen-bond donors (Lipinski definition) is 1. The highest BCUT2D eigenvalue weighted by Crippen LogP contribution is 2.23. The van der Waals surface area contributed by atoms with Crippen LogP contribution >= 0.6 is 0 Å². The molecule has 2 aliphatic rings. The molecule has 0 aromatic heterocycles. The molecule has 0 aromatic carbocycles. The van der Waals surface area contributed by atoms with E-state index in [1.54, 1.807) is 0 Å². The Kier molecular flexibility index (Phi) is 5.24. The van der Waals surface area contributed by atoms with Crippen LogP contribution in [0.5, 0.6) is 0 Å². The van der Waals surface area contributed by atoms with E-state index in [1.165, 1.54) is 0 Å². The van der Waals surface area contributed by atoms with Crippen LogP contribution in [0.3, 0.4) is 0 Å². The first-order chi connectivity index (χ1) is 8.83. The van der Waals surface area contributed by atoms with E-state index in [1.807, 2.05) is 0 Å². The summed E-state index contributed by atoms with van der Waals surface area (Å²) in [7, 11) is 0. The number of hydrogen-bond acceptors (Lipinski definition) is 2. The molecular weight excluding hydrogens is 224 g/mol. The Balaban J connectivity index is 1.98. The van der Waals surface area contributed by atoms with Gasteiger partial charge in [-0.3, -0.25) is 4.79 Å². The van der Waals surface area contributed by atoms with Gasteiger partial charge in [-0.1, -0.05) is 19.1 Å². The summed E-state index contributed by atoms with van der Waals surface area (Å²) in [6.07, 6.45) is 10.8. The summed E-state index contributed by atoms with van der Waals surface area (Å²) >= 11 is 0. The van der Waals surface area contributed by atoms with Gasteiger partial charge in [-0.2, -0.15) is 0 Å². The Labute approximate surface area is 111 Å². The SMILES string of the molecule is CCCN(C(=O)C1CC=CCC1)C1CCNCC1. The lowest BCUT2D eigenvalue weighted by Crippen LogP contribution is -2.48. The smallest absolute Gasteiger partial charge is 0.226 e. The molecule has 1 heterocycles. The van der Waals surface area contributed by atoms with Crippen LogP contribution in [-0.2, 0) is 4.79 Å². The molecule has 1 unspecified atom stereocenters. The molecule has 1 atom stereocenters. The van der Waals surface area contributed by atoms with Gasteiger partial charge in [-0.15, -0.1) is 0 Å². The van der Waals surface area contributed by atoms with Crippen LogP contribution in [0.4, 0.5) is 0 Å². The van der Waals surface area contributed by atoms with E-state index < -0.39 is 0 Å². The van der Waals surface area contributed by atoms with E-state index in [0.29, 0.717) is 11.9 Å². The second-order valence-corrected chi connectivity index (χ2v) is 5.49. The maximum atomic E-state index is 12.7. The summed E-state index contributed by atoms with van der Waals surface area (Å²) in [5.74, 6) is 0.657. The lowest BCUT2D eigenvalue weighted by molar-refractivity contribution is -0.138.